The largest absolute Gasteiger partial charge is 0.458 e. The van der Waals surface area contributed by atoms with E-state index in [1.807, 2.05) is 0 Å². The fourth-order valence-electron chi connectivity index (χ4n) is 1.03. The Balaban J connectivity index is 2.79. The van der Waals surface area contributed by atoms with E-state index in [4.69, 9.17) is 9.15 Å². The van der Waals surface area contributed by atoms with Crippen molar-refractivity contribution < 1.29 is 18.7 Å². The molecule has 0 spiro atoms. The Bertz CT molecular complexity index is 367. The molecule has 1 heterocycles. The third-order valence-corrected chi connectivity index (χ3v) is 1.71. The Hall–Kier alpha value is -1.91. The van der Waals surface area contributed by atoms with Crippen LogP contribution in [0.4, 0.5) is 0 Å². The van der Waals surface area contributed by atoms with Crippen molar-refractivity contribution in [3.63, 3.8) is 0 Å². The second-order valence-electron chi connectivity index (χ2n) is 2.93. The molecule has 0 saturated heterocycles. The van der Waals surface area contributed by atoms with E-state index in [2.05, 4.69) is 4.98 Å². The Kier molecular flexibility index (Phi) is 3.79. The summed E-state index contributed by atoms with van der Waals surface area (Å²) in [6.45, 7) is 2.90. The first-order chi connectivity index (χ1) is 7.13. The van der Waals surface area contributed by atoms with Crippen molar-refractivity contribution in [2.24, 2.45) is 0 Å². The molecule has 0 aromatic carbocycles. The lowest BCUT2D eigenvalue weighted by molar-refractivity contribution is -0.143. The van der Waals surface area contributed by atoms with Gasteiger partial charge in [-0.25, -0.2) is 4.98 Å². The minimum atomic E-state index is -0.586. The van der Waals surface area contributed by atoms with Gasteiger partial charge in [0.1, 0.15) is 24.3 Å². The number of esters is 1. The van der Waals surface area contributed by atoms with Gasteiger partial charge in [-0.3, -0.25) is 9.59 Å². The van der Waals surface area contributed by atoms with Gasteiger partial charge in [-0.2, -0.15) is 0 Å². The van der Waals surface area contributed by atoms with Gasteiger partial charge in [0.2, 0.25) is 0 Å². The lowest BCUT2D eigenvalue weighted by atomic mass is 10.1. The van der Waals surface area contributed by atoms with Gasteiger partial charge in [0.25, 0.3) is 0 Å². The molecule has 0 aliphatic heterocycles. The van der Waals surface area contributed by atoms with Crippen molar-refractivity contribution in [3.05, 3.63) is 23.9 Å². The van der Waals surface area contributed by atoms with Gasteiger partial charge < -0.3 is 9.15 Å². The van der Waals surface area contributed by atoms with Crippen LogP contribution in [-0.2, 0) is 14.3 Å². The lowest BCUT2D eigenvalue weighted by Gasteiger charge is -2.10. The van der Waals surface area contributed by atoms with Gasteiger partial charge in [-0.1, -0.05) is 0 Å². The number of oxazole rings is 1. The Morgan fingerprint density at radius 1 is 1.67 bits per heavy atom. The first-order valence-electron chi connectivity index (χ1n) is 4.35. The maximum atomic E-state index is 10.7. The van der Waals surface area contributed by atoms with E-state index in [1.54, 1.807) is 6.92 Å². The van der Waals surface area contributed by atoms with E-state index in [0.717, 1.165) is 0 Å². The fourth-order valence-corrected chi connectivity index (χ4v) is 1.03. The summed E-state index contributed by atoms with van der Waals surface area (Å²) in [6, 6.07) is 0. The number of ether oxygens (including phenoxy) is 1. The minimum Gasteiger partial charge on any atom is -0.458 e. The summed E-state index contributed by atoms with van der Waals surface area (Å²) in [7, 11) is 0. The monoisotopic (exact) mass is 209 g/mol. The van der Waals surface area contributed by atoms with Gasteiger partial charge in [-0.15, -0.1) is 0 Å². The highest BCUT2D eigenvalue weighted by molar-refractivity contribution is 5.83. The Morgan fingerprint density at radius 3 is 2.87 bits per heavy atom. The van der Waals surface area contributed by atoms with Crippen LogP contribution < -0.4 is 0 Å². The van der Waals surface area contributed by atoms with Crippen molar-refractivity contribution in [1.82, 2.24) is 4.98 Å². The number of aromatic nitrogens is 1. The zero-order valence-corrected chi connectivity index (χ0v) is 8.47. The van der Waals surface area contributed by atoms with Crippen LogP contribution in [0, 0.1) is 0 Å². The molecule has 80 valence electrons. The quantitative estimate of drug-likeness (QED) is 0.423. The standard InChI is InChI=1S/C10H11NO4/c1-7(15-8(2)13)9(4-12)3-10-5-14-6-11-10/h3-7H,1-2H3/b9-3-. The summed E-state index contributed by atoms with van der Waals surface area (Å²) in [6.07, 6.45) is 4.19. The van der Waals surface area contributed by atoms with E-state index in [1.165, 1.54) is 25.7 Å². The molecule has 5 heteroatoms. The highest BCUT2D eigenvalue weighted by Crippen LogP contribution is 2.09. The molecule has 1 aromatic rings. The molecule has 0 N–H and O–H groups in total. The number of nitrogens with zero attached hydrogens (tertiary/aromatic N) is 1. The zero-order valence-electron chi connectivity index (χ0n) is 8.47. The van der Waals surface area contributed by atoms with Crippen molar-refractivity contribution in [3.8, 4) is 0 Å². The molecular weight excluding hydrogens is 198 g/mol. The molecule has 15 heavy (non-hydrogen) atoms. The number of carbonyl (C=O) groups excluding carboxylic acids is 2. The molecule has 0 bridgehead atoms. The van der Waals surface area contributed by atoms with Crippen LogP contribution >= 0.6 is 0 Å². The Morgan fingerprint density at radius 2 is 2.40 bits per heavy atom. The van der Waals surface area contributed by atoms with Gasteiger partial charge in [0.05, 0.1) is 0 Å². The number of carbonyl (C=O) groups is 2. The first kappa shape index (κ1) is 11.2. The maximum Gasteiger partial charge on any atom is 0.303 e. The molecule has 0 aliphatic rings. The summed E-state index contributed by atoms with van der Waals surface area (Å²) in [5.74, 6) is -0.435. The highest BCUT2D eigenvalue weighted by atomic mass is 16.5. The molecule has 0 radical (unpaired) electrons. The zero-order chi connectivity index (χ0) is 11.3. The predicted octanol–water partition coefficient (Wildman–Crippen LogP) is 1.21. The summed E-state index contributed by atoms with van der Waals surface area (Å²) < 4.78 is 9.60. The van der Waals surface area contributed by atoms with Crippen molar-refractivity contribution in [1.29, 1.82) is 0 Å². The number of hydrogen-bond donors (Lipinski definition) is 0. The molecular formula is C10H11NO4. The third kappa shape index (κ3) is 3.38. The van der Waals surface area contributed by atoms with E-state index in [-0.39, 0.29) is 0 Å². The van der Waals surface area contributed by atoms with Gasteiger partial charge >= 0.3 is 5.97 Å². The number of rotatable bonds is 4. The molecule has 1 unspecified atom stereocenters. The second kappa shape index (κ2) is 5.09. The molecule has 0 amide bonds. The first-order valence-corrected chi connectivity index (χ1v) is 4.35. The van der Waals surface area contributed by atoms with Gasteiger partial charge in [-0.05, 0) is 13.0 Å². The topological polar surface area (TPSA) is 69.4 Å². The molecule has 1 aromatic heterocycles. The normalized spacial score (nSPS) is 13.3. The molecule has 5 nitrogen and oxygen atoms in total. The van der Waals surface area contributed by atoms with Crippen LogP contribution in [0.15, 0.2) is 22.6 Å². The molecule has 1 atom stereocenters. The smallest absolute Gasteiger partial charge is 0.303 e. The van der Waals surface area contributed by atoms with Crippen LogP contribution in [0.3, 0.4) is 0 Å². The summed E-state index contributed by atoms with van der Waals surface area (Å²) in [4.78, 5) is 25.2. The van der Waals surface area contributed by atoms with Crippen LogP contribution in [-0.4, -0.2) is 23.3 Å². The molecule has 1 rings (SSSR count). The van der Waals surface area contributed by atoms with Crippen molar-refractivity contribution in [2.75, 3.05) is 0 Å². The third-order valence-electron chi connectivity index (χ3n) is 1.71. The van der Waals surface area contributed by atoms with Crippen LogP contribution in [0.5, 0.6) is 0 Å². The molecule has 0 aliphatic carbocycles. The van der Waals surface area contributed by atoms with Gasteiger partial charge in [0, 0.05) is 12.5 Å². The van der Waals surface area contributed by atoms with Crippen LogP contribution in [0.25, 0.3) is 6.08 Å². The summed E-state index contributed by atoms with van der Waals surface area (Å²) in [5.41, 5.74) is 0.843. The Labute approximate surface area is 86.7 Å². The second-order valence-corrected chi connectivity index (χ2v) is 2.93. The molecule has 0 fully saturated rings. The summed E-state index contributed by atoms with van der Waals surface area (Å²) >= 11 is 0. The van der Waals surface area contributed by atoms with Crippen LogP contribution in [0.1, 0.15) is 19.5 Å². The van der Waals surface area contributed by atoms with Crippen LogP contribution in [0.2, 0.25) is 0 Å². The van der Waals surface area contributed by atoms with E-state index in [9.17, 15) is 9.59 Å². The number of hydrogen-bond acceptors (Lipinski definition) is 5. The minimum absolute atomic E-state index is 0.333. The van der Waals surface area contributed by atoms with E-state index >= 15 is 0 Å². The van der Waals surface area contributed by atoms with Gasteiger partial charge in [0.15, 0.2) is 6.39 Å². The number of aldehydes is 1. The van der Waals surface area contributed by atoms with Crippen molar-refractivity contribution >= 4 is 18.3 Å². The van der Waals surface area contributed by atoms with Crippen molar-refractivity contribution in [2.45, 2.75) is 20.0 Å². The van der Waals surface area contributed by atoms with E-state index in [0.29, 0.717) is 17.6 Å². The summed E-state index contributed by atoms with van der Waals surface area (Å²) in [5, 5.41) is 0. The fraction of sp³-hybridized carbons (Fsp3) is 0.300. The maximum absolute atomic E-state index is 10.7. The highest BCUT2D eigenvalue weighted by Gasteiger charge is 2.11. The predicted molar refractivity (Wildman–Crippen MR) is 51.8 cm³/mol. The SMILES string of the molecule is CC(=O)OC(C)/C(C=O)=C\c1cocn1. The average Bonchev–Trinajstić information content (AvgIpc) is 2.65. The van der Waals surface area contributed by atoms with E-state index < -0.39 is 12.1 Å². The average molecular weight is 209 g/mol. The lowest BCUT2D eigenvalue weighted by Crippen LogP contribution is -2.15. The molecule has 0 saturated carbocycles.